The van der Waals surface area contributed by atoms with Crippen LogP contribution in [0.5, 0.6) is 0 Å². The van der Waals surface area contributed by atoms with Crippen molar-refractivity contribution in [3.8, 4) is 0 Å². The van der Waals surface area contributed by atoms with Crippen molar-refractivity contribution in [2.75, 3.05) is 13.1 Å². The first kappa shape index (κ1) is 17.6. The summed E-state index contributed by atoms with van der Waals surface area (Å²) in [6.45, 7) is 2.17. The molecule has 0 aliphatic rings. The molecule has 4 nitrogen and oxygen atoms in total. The van der Waals surface area contributed by atoms with E-state index in [1.807, 2.05) is 0 Å². The molecule has 2 aromatic rings. The van der Waals surface area contributed by atoms with Crippen molar-refractivity contribution in [3.05, 3.63) is 71.3 Å². The second-order valence-electron chi connectivity index (χ2n) is 5.23. The van der Waals surface area contributed by atoms with Gasteiger partial charge in [0.1, 0.15) is 11.6 Å². The summed E-state index contributed by atoms with van der Waals surface area (Å²) in [5, 5.41) is 2.67. The Morgan fingerprint density at radius 1 is 1.04 bits per heavy atom. The predicted octanol–water partition coefficient (Wildman–Crippen LogP) is 2.74. The summed E-state index contributed by atoms with van der Waals surface area (Å²) in [4.78, 5) is 25.6. The maximum atomic E-state index is 13.2. The van der Waals surface area contributed by atoms with Crippen LogP contribution in [0.1, 0.15) is 22.8 Å². The smallest absolute Gasteiger partial charge is 0.254 e. The molecule has 0 spiro atoms. The third-order valence-electron chi connectivity index (χ3n) is 3.48. The van der Waals surface area contributed by atoms with Gasteiger partial charge in [0, 0.05) is 18.7 Å². The van der Waals surface area contributed by atoms with Crippen LogP contribution in [0.25, 0.3) is 0 Å². The standard InChI is InChI=1S/C18H18F2N2O2/c1-2-22(18(24)14-4-3-5-16(20)10-14)12-17(23)21-11-13-6-8-15(19)9-7-13/h3-10H,2,11-12H2,1H3,(H,21,23). The number of amides is 2. The number of hydrogen-bond donors (Lipinski definition) is 1. The molecule has 126 valence electrons. The van der Waals surface area contributed by atoms with E-state index in [1.54, 1.807) is 19.1 Å². The highest BCUT2D eigenvalue weighted by Crippen LogP contribution is 2.08. The van der Waals surface area contributed by atoms with Gasteiger partial charge in [-0.2, -0.15) is 0 Å². The molecule has 0 fully saturated rings. The molecule has 0 saturated heterocycles. The molecule has 0 aromatic heterocycles. The molecule has 2 aromatic carbocycles. The van der Waals surface area contributed by atoms with Crippen LogP contribution < -0.4 is 5.32 Å². The minimum Gasteiger partial charge on any atom is -0.350 e. The zero-order chi connectivity index (χ0) is 17.5. The van der Waals surface area contributed by atoms with E-state index >= 15 is 0 Å². The minimum absolute atomic E-state index is 0.132. The number of nitrogens with one attached hydrogen (secondary N) is 1. The van der Waals surface area contributed by atoms with Crippen molar-refractivity contribution in [2.45, 2.75) is 13.5 Å². The monoisotopic (exact) mass is 332 g/mol. The van der Waals surface area contributed by atoms with Gasteiger partial charge >= 0.3 is 0 Å². The van der Waals surface area contributed by atoms with E-state index in [1.165, 1.54) is 35.2 Å². The average Bonchev–Trinajstić information content (AvgIpc) is 2.58. The van der Waals surface area contributed by atoms with Gasteiger partial charge in [-0.3, -0.25) is 9.59 Å². The summed E-state index contributed by atoms with van der Waals surface area (Å²) < 4.78 is 26.0. The summed E-state index contributed by atoms with van der Waals surface area (Å²) in [7, 11) is 0. The van der Waals surface area contributed by atoms with Crippen molar-refractivity contribution >= 4 is 11.8 Å². The molecule has 0 aliphatic carbocycles. The van der Waals surface area contributed by atoms with Gasteiger partial charge in [0.2, 0.25) is 5.91 Å². The Hall–Kier alpha value is -2.76. The van der Waals surface area contributed by atoms with Crippen LogP contribution in [0.2, 0.25) is 0 Å². The first-order chi connectivity index (χ1) is 11.5. The zero-order valence-corrected chi connectivity index (χ0v) is 13.3. The fraction of sp³-hybridized carbons (Fsp3) is 0.222. The highest BCUT2D eigenvalue weighted by atomic mass is 19.1. The van der Waals surface area contributed by atoms with E-state index in [0.29, 0.717) is 6.54 Å². The van der Waals surface area contributed by atoms with Crippen LogP contribution >= 0.6 is 0 Å². The largest absolute Gasteiger partial charge is 0.350 e. The van der Waals surface area contributed by atoms with E-state index in [2.05, 4.69) is 5.32 Å². The molecule has 0 saturated carbocycles. The third-order valence-corrected chi connectivity index (χ3v) is 3.48. The van der Waals surface area contributed by atoms with E-state index in [0.717, 1.165) is 11.6 Å². The van der Waals surface area contributed by atoms with E-state index in [9.17, 15) is 18.4 Å². The van der Waals surface area contributed by atoms with Crippen molar-refractivity contribution < 1.29 is 18.4 Å². The molecular formula is C18H18F2N2O2. The number of likely N-dealkylation sites (N-methyl/N-ethyl adjacent to an activating group) is 1. The maximum Gasteiger partial charge on any atom is 0.254 e. The summed E-state index contributed by atoms with van der Waals surface area (Å²) in [5.41, 5.74) is 0.951. The Morgan fingerprint density at radius 3 is 2.38 bits per heavy atom. The summed E-state index contributed by atoms with van der Waals surface area (Å²) in [6.07, 6.45) is 0. The molecule has 24 heavy (non-hydrogen) atoms. The maximum absolute atomic E-state index is 13.2. The van der Waals surface area contributed by atoms with Crippen molar-refractivity contribution in [1.82, 2.24) is 10.2 Å². The fourth-order valence-electron chi connectivity index (χ4n) is 2.16. The van der Waals surface area contributed by atoms with Crippen molar-refractivity contribution in [1.29, 1.82) is 0 Å². The quantitative estimate of drug-likeness (QED) is 0.884. The summed E-state index contributed by atoms with van der Waals surface area (Å²) in [6, 6.07) is 11.1. The second kappa shape index (κ2) is 8.19. The number of carbonyl (C=O) groups is 2. The highest BCUT2D eigenvalue weighted by molar-refractivity contribution is 5.96. The van der Waals surface area contributed by atoms with Crippen molar-refractivity contribution in [2.24, 2.45) is 0 Å². The van der Waals surface area contributed by atoms with Crippen LogP contribution in [0.3, 0.4) is 0 Å². The molecular weight excluding hydrogens is 314 g/mol. The minimum atomic E-state index is -0.502. The number of halogens is 2. The van der Waals surface area contributed by atoms with Crippen LogP contribution in [0, 0.1) is 11.6 Å². The third kappa shape index (κ3) is 4.87. The van der Waals surface area contributed by atoms with Crippen LogP contribution in [-0.2, 0) is 11.3 Å². The van der Waals surface area contributed by atoms with E-state index in [4.69, 9.17) is 0 Å². The first-order valence-electron chi connectivity index (χ1n) is 7.55. The molecule has 0 heterocycles. The molecule has 0 aliphatic heterocycles. The number of hydrogen-bond acceptors (Lipinski definition) is 2. The Bertz CT molecular complexity index is 717. The Balaban J connectivity index is 1.92. The zero-order valence-electron chi connectivity index (χ0n) is 13.3. The van der Waals surface area contributed by atoms with Crippen LogP contribution in [0.4, 0.5) is 8.78 Å². The lowest BCUT2D eigenvalue weighted by molar-refractivity contribution is -0.121. The fourth-order valence-corrected chi connectivity index (χ4v) is 2.16. The topological polar surface area (TPSA) is 49.4 Å². The molecule has 0 atom stereocenters. The van der Waals surface area contributed by atoms with Gasteiger partial charge in [-0.25, -0.2) is 8.78 Å². The molecule has 0 radical (unpaired) electrons. The number of nitrogens with zero attached hydrogens (tertiary/aromatic N) is 1. The lowest BCUT2D eigenvalue weighted by Gasteiger charge is -2.20. The molecule has 2 amide bonds. The van der Waals surface area contributed by atoms with Gasteiger partial charge in [0.25, 0.3) is 5.91 Å². The molecule has 6 heteroatoms. The van der Waals surface area contributed by atoms with Gasteiger partial charge in [0.15, 0.2) is 0 Å². The molecule has 0 bridgehead atoms. The SMILES string of the molecule is CCN(CC(=O)NCc1ccc(F)cc1)C(=O)c1cccc(F)c1. The summed E-state index contributed by atoms with van der Waals surface area (Å²) in [5.74, 6) is -1.60. The van der Waals surface area contributed by atoms with Gasteiger partial charge in [-0.15, -0.1) is 0 Å². The number of benzene rings is 2. The summed E-state index contributed by atoms with van der Waals surface area (Å²) >= 11 is 0. The Kier molecular flexibility index (Phi) is 6.01. The Labute approximate surface area is 139 Å². The van der Waals surface area contributed by atoms with E-state index < -0.39 is 11.7 Å². The number of carbonyl (C=O) groups excluding carboxylic acids is 2. The van der Waals surface area contributed by atoms with Crippen molar-refractivity contribution in [3.63, 3.8) is 0 Å². The molecule has 0 unspecified atom stereocenters. The van der Waals surface area contributed by atoms with Gasteiger partial charge < -0.3 is 10.2 Å². The van der Waals surface area contributed by atoms with Gasteiger partial charge in [0.05, 0.1) is 6.54 Å². The highest BCUT2D eigenvalue weighted by Gasteiger charge is 2.17. The number of rotatable bonds is 6. The lowest BCUT2D eigenvalue weighted by atomic mass is 10.2. The lowest BCUT2D eigenvalue weighted by Crippen LogP contribution is -2.40. The second-order valence-corrected chi connectivity index (χ2v) is 5.23. The van der Waals surface area contributed by atoms with Crippen LogP contribution in [0.15, 0.2) is 48.5 Å². The molecule has 2 rings (SSSR count). The van der Waals surface area contributed by atoms with E-state index in [-0.39, 0.29) is 30.4 Å². The van der Waals surface area contributed by atoms with Crippen LogP contribution in [-0.4, -0.2) is 29.8 Å². The van der Waals surface area contributed by atoms with Gasteiger partial charge in [-0.05, 0) is 42.8 Å². The average molecular weight is 332 g/mol. The Morgan fingerprint density at radius 2 is 1.75 bits per heavy atom. The van der Waals surface area contributed by atoms with Gasteiger partial charge in [-0.1, -0.05) is 18.2 Å². The molecule has 1 N–H and O–H groups in total. The normalized spacial score (nSPS) is 10.3. The predicted molar refractivity (Wildman–Crippen MR) is 86.2 cm³/mol. The first-order valence-corrected chi connectivity index (χ1v) is 7.55.